The maximum absolute atomic E-state index is 6.19. The van der Waals surface area contributed by atoms with Gasteiger partial charge in [0, 0.05) is 0 Å². The average molecular weight is 273 g/mol. The summed E-state index contributed by atoms with van der Waals surface area (Å²) >= 11 is 0. The lowest BCUT2D eigenvalue weighted by Gasteiger charge is -2.36. The Hall–Kier alpha value is -0.209. The first-order chi connectivity index (χ1) is 7.10. The summed E-state index contributed by atoms with van der Waals surface area (Å²) in [6.07, 6.45) is 0. The zero-order valence-corrected chi connectivity index (χ0v) is 14.2. The van der Waals surface area contributed by atoms with Crippen molar-refractivity contribution in [1.82, 2.24) is 0 Å². The molecule has 0 N–H and O–H groups in total. The SMILES string of the molecule is C=C[Si](C=C)(C=C)O[Si](C)(C)O[Si](C)(C)C. The summed E-state index contributed by atoms with van der Waals surface area (Å²) < 4.78 is 12.3. The van der Waals surface area contributed by atoms with Gasteiger partial charge in [0.1, 0.15) is 0 Å². The van der Waals surface area contributed by atoms with E-state index >= 15 is 0 Å². The Kier molecular flexibility index (Phi) is 5.34. The third-order valence-electron chi connectivity index (χ3n) is 1.93. The standard InChI is InChI=1S/C11H24O2Si3/c1-9-16(10-2,11-3)13-15(7,8)12-14(4,5)6/h9-11H,1-3H2,4-8H3. The van der Waals surface area contributed by atoms with Gasteiger partial charge in [0.05, 0.1) is 0 Å². The third-order valence-corrected chi connectivity index (χ3v) is 11.6. The highest BCUT2D eigenvalue weighted by molar-refractivity contribution is 6.95. The Morgan fingerprint density at radius 1 is 0.750 bits per heavy atom. The van der Waals surface area contributed by atoms with Crippen LogP contribution in [0.25, 0.3) is 0 Å². The van der Waals surface area contributed by atoms with E-state index in [1.807, 2.05) is 17.1 Å². The van der Waals surface area contributed by atoms with Gasteiger partial charge >= 0.3 is 8.56 Å². The Bertz CT molecular complexity index is 258. The lowest BCUT2D eigenvalue weighted by Crippen LogP contribution is -2.51. The molecule has 0 aromatic heterocycles. The summed E-state index contributed by atoms with van der Waals surface area (Å²) in [6, 6.07) is 0. The van der Waals surface area contributed by atoms with Gasteiger partial charge in [-0.05, 0) is 32.7 Å². The van der Waals surface area contributed by atoms with Gasteiger partial charge in [-0.25, -0.2) is 0 Å². The van der Waals surface area contributed by atoms with Crippen LogP contribution in [0.15, 0.2) is 36.8 Å². The Labute approximate surface area is 103 Å². The van der Waals surface area contributed by atoms with E-state index in [9.17, 15) is 0 Å². The Balaban J connectivity index is 4.86. The van der Waals surface area contributed by atoms with Crippen LogP contribution in [0.4, 0.5) is 0 Å². The molecule has 0 saturated heterocycles. The van der Waals surface area contributed by atoms with E-state index in [0.717, 1.165) is 0 Å². The van der Waals surface area contributed by atoms with Crippen LogP contribution in [-0.2, 0) is 8.23 Å². The first kappa shape index (κ1) is 15.8. The molecule has 16 heavy (non-hydrogen) atoms. The van der Waals surface area contributed by atoms with Crippen LogP contribution in [0.1, 0.15) is 0 Å². The quantitative estimate of drug-likeness (QED) is 0.658. The van der Waals surface area contributed by atoms with E-state index in [0.29, 0.717) is 0 Å². The maximum atomic E-state index is 6.19. The molecule has 0 aliphatic rings. The second kappa shape index (κ2) is 5.42. The number of rotatable bonds is 7. The van der Waals surface area contributed by atoms with Crippen molar-refractivity contribution < 1.29 is 8.23 Å². The highest BCUT2D eigenvalue weighted by Gasteiger charge is 2.38. The minimum atomic E-state index is -2.20. The molecule has 0 aromatic carbocycles. The number of hydrogen-bond acceptors (Lipinski definition) is 2. The van der Waals surface area contributed by atoms with Gasteiger partial charge in [0.15, 0.2) is 8.32 Å². The van der Waals surface area contributed by atoms with E-state index < -0.39 is 25.2 Å². The van der Waals surface area contributed by atoms with Crippen molar-refractivity contribution in [2.75, 3.05) is 0 Å². The van der Waals surface area contributed by atoms with Crippen molar-refractivity contribution in [1.29, 1.82) is 0 Å². The predicted octanol–water partition coefficient (Wildman–Crippen LogP) is 3.68. The number of hydrogen-bond donors (Lipinski definition) is 0. The molecule has 0 amide bonds. The highest BCUT2D eigenvalue weighted by Crippen LogP contribution is 2.21. The van der Waals surface area contributed by atoms with E-state index in [1.54, 1.807) is 0 Å². The summed E-state index contributed by atoms with van der Waals surface area (Å²) in [6.45, 7) is 22.1. The van der Waals surface area contributed by atoms with Crippen molar-refractivity contribution in [3.05, 3.63) is 36.8 Å². The van der Waals surface area contributed by atoms with Crippen LogP contribution in [0.3, 0.4) is 0 Å². The maximum Gasteiger partial charge on any atom is 0.311 e. The van der Waals surface area contributed by atoms with Crippen molar-refractivity contribution in [2.24, 2.45) is 0 Å². The van der Waals surface area contributed by atoms with Crippen LogP contribution in [-0.4, -0.2) is 25.2 Å². The molecule has 0 bridgehead atoms. The molecule has 0 unspecified atom stereocenters. The van der Waals surface area contributed by atoms with Gasteiger partial charge in [-0.1, -0.05) is 17.1 Å². The van der Waals surface area contributed by atoms with Gasteiger partial charge in [-0.3, -0.25) is 0 Å². The van der Waals surface area contributed by atoms with Crippen LogP contribution in [0.5, 0.6) is 0 Å². The summed E-state index contributed by atoms with van der Waals surface area (Å²) in [5, 5.41) is 0. The van der Waals surface area contributed by atoms with E-state index in [1.165, 1.54) is 0 Å². The summed E-state index contributed by atoms with van der Waals surface area (Å²) in [7, 11) is -5.90. The van der Waals surface area contributed by atoms with E-state index in [-0.39, 0.29) is 0 Å². The molecule has 0 heterocycles. The smallest absolute Gasteiger partial charge is 0.311 e. The fourth-order valence-corrected chi connectivity index (χ4v) is 12.9. The molecule has 0 saturated carbocycles. The topological polar surface area (TPSA) is 18.5 Å². The second-order valence-corrected chi connectivity index (χ2v) is 16.8. The molecular formula is C11H24O2Si3. The van der Waals surface area contributed by atoms with Gasteiger partial charge in [-0.2, -0.15) is 0 Å². The normalized spacial score (nSPS) is 13.3. The van der Waals surface area contributed by atoms with Crippen molar-refractivity contribution >= 4 is 25.2 Å². The Morgan fingerprint density at radius 3 is 1.38 bits per heavy atom. The molecule has 0 aromatic rings. The van der Waals surface area contributed by atoms with E-state index in [2.05, 4.69) is 52.5 Å². The summed E-state index contributed by atoms with van der Waals surface area (Å²) in [5.41, 5.74) is 5.53. The first-order valence-corrected chi connectivity index (χ1v) is 13.8. The largest absolute Gasteiger partial charge is 0.437 e. The molecule has 0 aliphatic heterocycles. The molecule has 92 valence electrons. The monoisotopic (exact) mass is 272 g/mol. The summed E-state index contributed by atoms with van der Waals surface area (Å²) in [4.78, 5) is 0. The molecule has 0 fully saturated rings. The minimum Gasteiger partial charge on any atom is -0.437 e. The lowest BCUT2D eigenvalue weighted by atomic mass is 11.2. The van der Waals surface area contributed by atoms with Crippen LogP contribution < -0.4 is 0 Å². The van der Waals surface area contributed by atoms with Crippen molar-refractivity contribution in [3.63, 3.8) is 0 Å². The van der Waals surface area contributed by atoms with Crippen molar-refractivity contribution in [2.45, 2.75) is 32.7 Å². The van der Waals surface area contributed by atoms with E-state index in [4.69, 9.17) is 8.23 Å². The fourth-order valence-electron chi connectivity index (χ4n) is 1.56. The lowest BCUT2D eigenvalue weighted by molar-refractivity contribution is 0.402. The molecule has 0 spiro atoms. The van der Waals surface area contributed by atoms with Gasteiger partial charge < -0.3 is 8.23 Å². The molecule has 2 nitrogen and oxygen atoms in total. The first-order valence-electron chi connectivity index (χ1n) is 5.41. The van der Waals surface area contributed by atoms with Crippen molar-refractivity contribution in [3.8, 4) is 0 Å². The predicted molar refractivity (Wildman–Crippen MR) is 79.3 cm³/mol. The zero-order valence-electron chi connectivity index (χ0n) is 11.2. The van der Waals surface area contributed by atoms with Gasteiger partial charge in [0.2, 0.25) is 0 Å². The second-order valence-electron chi connectivity index (χ2n) is 5.18. The minimum absolute atomic E-state index is 1.57. The molecular weight excluding hydrogens is 248 g/mol. The highest BCUT2D eigenvalue weighted by atomic mass is 28.5. The summed E-state index contributed by atoms with van der Waals surface area (Å²) in [5.74, 6) is 0. The van der Waals surface area contributed by atoms with Gasteiger partial charge in [-0.15, -0.1) is 19.7 Å². The van der Waals surface area contributed by atoms with Crippen LogP contribution in [0.2, 0.25) is 32.7 Å². The Morgan fingerprint density at radius 2 is 1.12 bits per heavy atom. The zero-order chi connectivity index (χ0) is 13.0. The molecule has 0 atom stereocenters. The van der Waals surface area contributed by atoms with Crippen LogP contribution >= 0.6 is 0 Å². The average Bonchev–Trinajstić information content (AvgIpc) is 2.10. The molecule has 0 radical (unpaired) electrons. The molecule has 5 heteroatoms. The molecule has 0 aliphatic carbocycles. The van der Waals surface area contributed by atoms with Gasteiger partial charge in [0.25, 0.3) is 8.32 Å². The van der Waals surface area contributed by atoms with Crippen LogP contribution in [0, 0.1) is 0 Å². The fraction of sp³-hybridized carbons (Fsp3) is 0.455. The molecule has 0 rings (SSSR count). The third kappa shape index (κ3) is 5.22.